The van der Waals surface area contributed by atoms with E-state index in [1.807, 2.05) is 66.7 Å². The Kier molecular flexibility index (Phi) is 14.4. The number of fused-ring (bicyclic) bond motifs is 15. The molecule has 10 heteroatoms. The zero-order chi connectivity index (χ0) is 59.2. The normalized spacial score (nSPS) is 11.4. The van der Waals surface area contributed by atoms with Gasteiger partial charge < -0.3 is 28.4 Å². The maximum atomic E-state index is 7.89. The van der Waals surface area contributed by atoms with E-state index >= 15 is 0 Å². The molecule has 0 aliphatic rings. The Bertz CT molecular complexity index is 5220. The number of hydrogen-bond donors (Lipinski definition) is 1. The van der Waals surface area contributed by atoms with Crippen LogP contribution in [0.5, 0.6) is 0 Å². The summed E-state index contributed by atoms with van der Waals surface area (Å²) in [4.78, 5) is 4.55. The second-order valence-corrected chi connectivity index (χ2v) is 22.8. The van der Waals surface area contributed by atoms with Gasteiger partial charge in [0.25, 0.3) is 0 Å². The maximum Gasteiger partial charge on any atom is 0.145 e. The zero-order valence-electron chi connectivity index (χ0n) is 46.8. The molecule has 1 N–H and O–H groups in total. The van der Waals surface area contributed by atoms with Gasteiger partial charge in [-0.15, -0.1) is 0 Å². The fraction of sp³-hybridized carbons (Fsp3) is 0. The highest BCUT2D eigenvalue weighted by Gasteiger charge is 2.28. The van der Waals surface area contributed by atoms with Crippen molar-refractivity contribution in [1.82, 2.24) is 0 Å². The molecule has 14 aromatic carbocycles. The molecular formula is C78H49Cl4N3O3. The van der Waals surface area contributed by atoms with Gasteiger partial charge in [0.05, 0.1) is 64.7 Å². The predicted molar refractivity (Wildman–Crippen MR) is 373 cm³/mol. The van der Waals surface area contributed by atoms with Gasteiger partial charge in [-0.25, -0.2) is 0 Å². The van der Waals surface area contributed by atoms with Crippen LogP contribution in [0.25, 0.3) is 98.1 Å². The first-order valence-electron chi connectivity index (χ1n) is 28.7. The summed E-state index contributed by atoms with van der Waals surface area (Å²) in [6.07, 6.45) is 0. The molecule has 0 aliphatic heterocycles. The minimum atomic E-state index is 0.417. The minimum Gasteiger partial charge on any atom is -0.455 e. The second kappa shape index (κ2) is 23.2. The predicted octanol–water partition coefficient (Wildman–Crippen LogP) is 25.5. The average Bonchev–Trinajstić information content (AvgIpc) is 1.60. The number of furan rings is 3. The molecule has 17 rings (SSSR count). The largest absolute Gasteiger partial charge is 0.455 e. The van der Waals surface area contributed by atoms with Crippen LogP contribution < -0.4 is 15.1 Å². The molecule has 17 aromatic rings. The summed E-state index contributed by atoms with van der Waals surface area (Å²) in [7, 11) is 0. The van der Waals surface area contributed by atoms with Crippen LogP contribution in [-0.4, -0.2) is 0 Å². The summed E-state index contributed by atoms with van der Waals surface area (Å²) >= 11 is 24.7. The summed E-state index contributed by atoms with van der Waals surface area (Å²) in [5.41, 5.74) is 12.9. The Morgan fingerprint density at radius 2 is 0.614 bits per heavy atom. The molecule has 0 unspecified atom stereocenters. The van der Waals surface area contributed by atoms with Crippen LogP contribution in [0.3, 0.4) is 0 Å². The monoisotopic (exact) mass is 1220 g/mol. The van der Waals surface area contributed by atoms with Crippen molar-refractivity contribution in [3.05, 3.63) is 311 Å². The van der Waals surface area contributed by atoms with E-state index in [4.69, 9.17) is 59.7 Å². The van der Waals surface area contributed by atoms with Crippen LogP contribution in [-0.2, 0) is 0 Å². The van der Waals surface area contributed by atoms with Crippen molar-refractivity contribution in [2.75, 3.05) is 15.1 Å². The standard InChI is InChI=1S/C50H31ClN2O2.C22H15NO.C6H3Cl3/c51-48-40(52(34-18-3-1-4-19-34)42-30-32-16-7-9-22-36(32)49-46(42)38-24-11-13-28-44(38)54-49)26-15-27-41(48)53(35-20-5-2-6-21-35)43-31-33-17-8-10-23-37(33)50-47(43)39-25-12-14-29-45(39)55-50;1-2-9-16(10-3-1)23-19-14-15-8-4-5-11-17(15)22-21(19)18-12-6-7-13-20(18)24-22;7-4-2-1-3-5(8)6(4)9/h1-31H;1-14,23H;1-3H. The topological polar surface area (TPSA) is 57.9 Å². The number of para-hydroxylation sites is 6. The molecule has 0 spiro atoms. The average molecular weight is 1220 g/mol. The molecule has 0 aliphatic carbocycles. The van der Waals surface area contributed by atoms with Gasteiger partial charge in [-0.2, -0.15) is 0 Å². The highest BCUT2D eigenvalue weighted by Crippen LogP contribution is 2.53. The Morgan fingerprint density at radius 3 is 1.05 bits per heavy atom. The van der Waals surface area contributed by atoms with Gasteiger partial charge in [-0.05, 0) is 113 Å². The molecule has 3 aromatic heterocycles. The van der Waals surface area contributed by atoms with Gasteiger partial charge in [0.15, 0.2) is 0 Å². The van der Waals surface area contributed by atoms with Crippen molar-refractivity contribution in [1.29, 1.82) is 0 Å². The number of nitrogens with zero attached hydrogens (tertiary/aromatic N) is 2. The van der Waals surface area contributed by atoms with Crippen molar-refractivity contribution in [3.63, 3.8) is 0 Å². The van der Waals surface area contributed by atoms with Crippen LogP contribution in [0.4, 0.5) is 45.5 Å². The van der Waals surface area contributed by atoms with Gasteiger partial charge in [0.1, 0.15) is 33.5 Å². The van der Waals surface area contributed by atoms with Crippen LogP contribution in [0.15, 0.2) is 304 Å². The van der Waals surface area contributed by atoms with Gasteiger partial charge in [0, 0.05) is 49.4 Å². The minimum absolute atomic E-state index is 0.417. The third-order valence-corrected chi connectivity index (χ3v) is 17.6. The fourth-order valence-corrected chi connectivity index (χ4v) is 12.9. The molecule has 422 valence electrons. The van der Waals surface area contributed by atoms with E-state index in [-0.39, 0.29) is 0 Å². The lowest BCUT2D eigenvalue weighted by molar-refractivity contribution is 0.672. The molecule has 0 saturated heterocycles. The Labute approximate surface area is 526 Å². The van der Waals surface area contributed by atoms with Gasteiger partial charge in [-0.1, -0.05) is 241 Å². The Morgan fingerprint density at radius 1 is 0.273 bits per heavy atom. The number of nitrogens with one attached hydrogen (secondary N) is 1. The SMILES string of the molecule is Clc1c(N(c2ccccc2)c2cc3ccccc3c3oc4ccccc4c23)cccc1N(c1ccccc1)c1cc2ccccc2c2oc3ccccc3c12.Clc1cccc(Cl)c1Cl.c1ccc(Nc2cc3ccccc3c3oc4ccccc4c23)cc1. The van der Waals surface area contributed by atoms with Crippen molar-refractivity contribution in [2.24, 2.45) is 0 Å². The summed E-state index contributed by atoms with van der Waals surface area (Å²) in [6.45, 7) is 0. The first-order valence-corrected chi connectivity index (χ1v) is 30.3. The lowest BCUT2D eigenvalue weighted by Crippen LogP contribution is -2.15. The molecular weight excluding hydrogens is 1170 g/mol. The molecule has 0 atom stereocenters. The van der Waals surface area contributed by atoms with Crippen LogP contribution >= 0.6 is 46.4 Å². The van der Waals surface area contributed by atoms with E-state index in [9.17, 15) is 0 Å². The molecule has 0 saturated carbocycles. The Balaban J connectivity index is 0.000000161. The summed E-state index contributed by atoms with van der Waals surface area (Å²) in [5, 5.41) is 18.6. The molecule has 0 bridgehead atoms. The van der Waals surface area contributed by atoms with Crippen molar-refractivity contribution < 1.29 is 13.3 Å². The van der Waals surface area contributed by atoms with E-state index in [2.05, 4.69) is 221 Å². The number of benzene rings is 14. The summed E-state index contributed by atoms with van der Waals surface area (Å²) in [6, 6.07) is 99.2. The number of anilines is 8. The smallest absolute Gasteiger partial charge is 0.145 e. The number of halogens is 4. The zero-order valence-corrected chi connectivity index (χ0v) is 49.9. The van der Waals surface area contributed by atoms with E-state index in [0.717, 1.165) is 138 Å². The second-order valence-electron chi connectivity index (χ2n) is 21.3. The van der Waals surface area contributed by atoms with Gasteiger partial charge >= 0.3 is 0 Å². The van der Waals surface area contributed by atoms with Gasteiger partial charge in [-0.3, -0.25) is 0 Å². The lowest BCUT2D eigenvalue weighted by Gasteiger charge is -2.31. The maximum absolute atomic E-state index is 7.89. The Hall–Kier alpha value is -10.2. The highest BCUT2D eigenvalue weighted by molar-refractivity contribution is 6.48. The van der Waals surface area contributed by atoms with Crippen molar-refractivity contribution in [2.45, 2.75) is 0 Å². The summed E-state index contributed by atoms with van der Waals surface area (Å²) in [5.74, 6) is 0. The van der Waals surface area contributed by atoms with E-state index in [0.29, 0.717) is 20.1 Å². The molecule has 0 radical (unpaired) electrons. The van der Waals surface area contributed by atoms with Crippen LogP contribution in [0.1, 0.15) is 0 Å². The van der Waals surface area contributed by atoms with E-state index in [1.165, 1.54) is 5.39 Å². The van der Waals surface area contributed by atoms with Gasteiger partial charge in [0.2, 0.25) is 0 Å². The quantitative estimate of drug-likeness (QED) is 0.153. The van der Waals surface area contributed by atoms with Crippen molar-refractivity contribution in [3.8, 4) is 0 Å². The fourth-order valence-electron chi connectivity index (χ4n) is 12.1. The molecule has 0 amide bonds. The van der Waals surface area contributed by atoms with E-state index < -0.39 is 0 Å². The lowest BCUT2D eigenvalue weighted by atomic mass is 10.0. The first kappa shape index (κ1) is 54.5. The first-order chi connectivity index (χ1) is 43.3. The number of rotatable bonds is 8. The molecule has 6 nitrogen and oxygen atoms in total. The van der Waals surface area contributed by atoms with Crippen molar-refractivity contribution >= 4 is 190 Å². The third kappa shape index (κ3) is 9.83. The summed E-state index contributed by atoms with van der Waals surface area (Å²) < 4.78 is 19.5. The van der Waals surface area contributed by atoms with Crippen LogP contribution in [0.2, 0.25) is 20.1 Å². The molecule has 3 heterocycles. The highest BCUT2D eigenvalue weighted by atomic mass is 35.5. The van der Waals surface area contributed by atoms with E-state index in [1.54, 1.807) is 18.2 Å². The van der Waals surface area contributed by atoms with Crippen LogP contribution in [0, 0.1) is 0 Å². The molecule has 88 heavy (non-hydrogen) atoms. The molecule has 0 fully saturated rings. The number of hydrogen-bond acceptors (Lipinski definition) is 6. The third-order valence-electron chi connectivity index (χ3n) is 16.0.